The summed E-state index contributed by atoms with van der Waals surface area (Å²) in [4.78, 5) is 11.3. The number of carbonyl (C=O) groups excluding carboxylic acids is 1. The minimum atomic E-state index is -3.09. The molecule has 0 spiro atoms. The number of benzene rings is 1. The highest BCUT2D eigenvalue weighted by Crippen LogP contribution is 2.17. The molecule has 1 atom stereocenters. The van der Waals surface area contributed by atoms with Crippen LogP contribution in [0.15, 0.2) is 24.3 Å². The summed E-state index contributed by atoms with van der Waals surface area (Å²) in [6.07, 6.45) is 0.655. The quantitative estimate of drug-likeness (QED) is 0.838. The second-order valence-corrected chi connectivity index (χ2v) is 7.76. The number of rotatable bonds is 5. The average molecular weight is 297 g/mol. The minimum absolute atomic E-state index is 0.0381. The number of anilines is 1. The van der Waals surface area contributed by atoms with Crippen molar-refractivity contribution in [1.29, 1.82) is 0 Å². The summed E-state index contributed by atoms with van der Waals surface area (Å²) in [7, 11) is -3.09. The van der Waals surface area contributed by atoms with Crippen molar-refractivity contribution in [3.8, 4) is 0 Å². The van der Waals surface area contributed by atoms with E-state index in [2.05, 4.69) is 5.32 Å². The molecule has 1 aliphatic rings. The molecule has 0 unspecified atom stereocenters. The van der Waals surface area contributed by atoms with E-state index in [9.17, 15) is 13.2 Å². The number of hydrogen-bond donors (Lipinski definition) is 1. The molecule has 0 aliphatic carbocycles. The van der Waals surface area contributed by atoms with E-state index in [0.29, 0.717) is 13.0 Å². The molecule has 5 nitrogen and oxygen atoms in total. The van der Waals surface area contributed by atoms with Crippen LogP contribution in [0.3, 0.4) is 0 Å². The number of ether oxygens (including phenoxy) is 1. The topological polar surface area (TPSA) is 72.5 Å². The van der Waals surface area contributed by atoms with Crippen molar-refractivity contribution < 1.29 is 17.9 Å². The first-order chi connectivity index (χ1) is 9.38. The fraction of sp³-hybridized carbons (Fsp3) is 0.500. The monoisotopic (exact) mass is 297 g/mol. The third-order valence-corrected chi connectivity index (χ3v) is 5.49. The molecule has 0 amide bonds. The van der Waals surface area contributed by atoms with Crippen molar-refractivity contribution in [1.82, 2.24) is 0 Å². The van der Waals surface area contributed by atoms with E-state index in [-0.39, 0.29) is 23.0 Å². The van der Waals surface area contributed by atoms with Crippen LogP contribution in [0.2, 0.25) is 0 Å². The molecular weight excluding hydrogens is 278 g/mol. The lowest BCUT2D eigenvalue weighted by molar-refractivity contribution is -0.138. The first-order valence-electron chi connectivity index (χ1n) is 6.62. The van der Waals surface area contributed by atoms with Crippen LogP contribution in [0.1, 0.15) is 25.8 Å². The van der Waals surface area contributed by atoms with Crippen LogP contribution in [0.4, 0.5) is 5.69 Å². The molecule has 0 bridgehead atoms. The maximum atomic E-state index is 11.8. The van der Waals surface area contributed by atoms with Gasteiger partial charge in [0, 0.05) is 12.1 Å². The van der Waals surface area contributed by atoms with Gasteiger partial charge in [0.25, 0.3) is 0 Å². The standard InChI is InChI=1S/C14H19NO4S/c1-10(2)20(17,18)9-11-3-5-12(6-4-11)15-13-7-8-19-14(13)16/h3-6,10,13,15H,7-9H2,1-2H3/t13-/m1/s1. The summed E-state index contributed by atoms with van der Waals surface area (Å²) in [6.45, 7) is 3.80. The van der Waals surface area contributed by atoms with Gasteiger partial charge in [-0.25, -0.2) is 13.2 Å². The number of nitrogens with one attached hydrogen (secondary N) is 1. The largest absolute Gasteiger partial charge is 0.464 e. The molecule has 20 heavy (non-hydrogen) atoms. The van der Waals surface area contributed by atoms with E-state index in [0.717, 1.165) is 11.3 Å². The Kier molecular flexibility index (Phi) is 4.32. The van der Waals surface area contributed by atoms with Gasteiger partial charge in [0.05, 0.1) is 17.6 Å². The van der Waals surface area contributed by atoms with E-state index in [1.807, 2.05) is 0 Å². The van der Waals surface area contributed by atoms with E-state index < -0.39 is 9.84 Å². The predicted molar refractivity (Wildman–Crippen MR) is 77.2 cm³/mol. The zero-order chi connectivity index (χ0) is 14.8. The summed E-state index contributed by atoms with van der Waals surface area (Å²) in [5, 5.41) is 2.70. The zero-order valence-electron chi connectivity index (χ0n) is 11.6. The Balaban J connectivity index is 2.01. The Hall–Kier alpha value is -1.56. The molecule has 0 radical (unpaired) electrons. The normalized spacial score (nSPS) is 19.1. The maximum absolute atomic E-state index is 11.8. The van der Waals surface area contributed by atoms with E-state index >= 15 is 0 Å². The molecule has 1 aromatic carbocycles. The number of hydrogen-bond acceptors (Lipinski definition) is 5. The van der Waals surface area contributed by atoms with Crippen molar-refractivity contribution in [3.63, 3.8) is 0 Å². The highest BCUT2D eigenvalue weighted by molar-refractivity contribution is 7.91. The smallest absolute Gasteiger partial charge is 0.328 e. The molecule has 1 aromatic rings. The van der Waals surface area contributed by atoms with Gasteiger partial charge in [-0.3, -0.25) is 0 Å². The molecule has 1 saturated heterocycles. The van der Waals surface area contributed by atoms with Crippen LogP contribution in [0.25, 0.3) is 0 Å². The second kappa shape index (κ2) is 5.83. The molecular formula is C14H19NO4S. The second-order valence-electron chi connectivity index (χ2n) is 5.21. The Morgan fingerprint density at radius 1 is 1.30 bits per heavy atom. The van der Waals surface area contributed by atoms with Gasteiger partial charge in [-0.2, -0.15) is 0 Å². The Morgan fingerprint density at radius 2 is 1.95 bits per heavy atom. The van der Waals surface area contributed by atoms with Gasteiger partial charge in [-0.15, -0.1) is 0 Å². The molecule has 0 aromatic heterocycles. The number of carbonyl (C=O) groups is 1. The number of esters is 1. The van der Waals surface area contributed by atoms with Crippen LogP contribution >= 0.6 is 0 Å². The van der Waals surface area contributed by atoms with Crippen LogP contribution in [-0.2, 0) is 25.1 Å². The lowest BCUT2D eigenvalue weighted by Crippen LogP contribution is -2.24. The number of sulfone groups is 1. The molecule has 6 heteroatoms. The highest BCUT2D eigenvalue weighted by Gasteiger charge is 2.26. The fourth-order valence-corrected chi connectivity index (χ4v) is 2.91. The third-order valence-electron chi connectivity index (χ3n) is 3.32. The molecule has 0 saturated carbocycles. The Labute approximate surface area is 119 Å². The highest BCUT2D eigenvalue weighted by atomic mass is 32.2. The predicted octanol–water partition coefficient (Wildman–Crippen LogP) is 1.74. The molecule has 2 rings (SSSR count). The summed E-state index contributed by atoms with van der Waals surface area (Å²) in [5.74, 6) is -0.201. The first kappa shape index (κ1) is 14.8. The van der Waals surface area contributed by atoms with Crippen molar-refractivity contribution in [2.45, 2.75) is 37.3 Å². The maximum Gasteiger partial charge on any atom is 0.328 e. The summed E-state index contributed by atoms with van der Waals surface area (Å²) in [5.41, 5.74) is 1.54. The van der Waals surface area contributed by atoms with Gasteiger partial charge in [0.1, 0.15) is 6.04 Å². The van der Waals surface area contributed by atoms with Crippen LogP contribution in [0, 0.1) is 0 Å². The lowest BCUT2D eigenvalue weighted by atomic mass is 10.2. The van der Waals surface area contributed by atoms with Gasteiger partial charge >= 0.3 is 5.97 Å². The molecule has 1 N–H and O–H groups in total. The van der Waals surface area contributed by atoms with Crippen molar-refractivity contribution in [2.24, 2.45) is 0 Å². The molecule has 1 aliphatic heterocycles. The third kappa shape index (κ3) is 3.50. The SMILES string of the molecule is CC(C)S(=O)(=O)Cc1ccc(N[C@@H]2CCOC2=O)cc1. The van der Waals surface area contributed by atoms with Gasteiger partial charge < -0.3 is 10.1 Å². The van der Waals surface area contributed by atoms with Crippen LogP contribution < -0.4 is 5.32 Å². The Morgan fingerprint density at radius 3 is 2.45 bits per heavy atom. The molecule has 1 fully saturated rings. The molecule has 110 valence electrons. The van der Waals surface area contributed by atoms with E-state index in [4.69, 9.17) is 4.74 Å². The summed E-state index contributed by atoms with van der Waals surface area (Å²) in [6, 6.07) is 6.80. The first-order valence-corrected chi connectivity index (χ1v) is 8.34. The van der Waals surface area contributed by atoms with Gasteiger partial charge in [-0.05, 0) is 31.5 Å². The molecule has 1 heterocycles. The van der Waals surface area contributed by atoms with Crippen molar-refractivity contribution in [3.05, 3.63) is 29.8 Å². The van der Waals surface area contributed by atoms with Gasteiger partial charge in [0.2, 0.25) is 0 Å². The summed E-state index contributed by atoms with van der Waals surface area (Å²) >= 11 is 0. The van der Waals surface area contributed by atoms with Crippen molar-refractivity contribution in [2.75, 3.05) is 11.9 Å². The minimum Gasteiger partial charge on any atom is -0.464 e. The van der Waals surface area contributed by atoms with E-state index in [1.165, 1.54) is 0 Å². The summed E-state index contributed by atoms with van der Waals surface area (Å²) < 4.78 is 28.5. The van der Waals surface area contributed by atoms with Crippen molar-refractivity contribution >= 4 is 21.5 Å². The number of cyclic esters (lactones) is 1. The van der Waals surface area contributed by atoms with Gasteiger partial charge in [0.15, 0.2) is 9.84 Å². The average Bonchev–Trinajstić information content (AvgIpc) is 2.77. The zero-order valence-corrected chi connectivity index (χ0v) is 12.4. The van der Waals surface area contributed by atoms with Crippen LogP contribution in [-0.4, -0.2) is 32.3 Å². The Bertz CT molecular complexity index is 578. The lowest BCUT2D eigenvalue weighted by Gasteiger charge is -2.11. The van der Waals surface area contributed by atoms with E-state index in [1.54, 1.807) is 38.1 Å². The van der Waals surface area contributed by atoms with Gasteiger partial charge in [-0.1, -0.05) is 12.1 Å². The van der Waals surface area contributed by atoms with Crippen LogP contribution in [0.5, 0.6) is 0 Å². The fourth-order valence-electron chi connectivity index (χ4n) is 1.92.